The van der Waals surface area contributed by atoms with Crippen LogP contribution in [0.2, 0.25) is 0 Å². The van der Waals surface area contributed by atoms with Crippen LogP contribution in [0.1, 0.15) is 32.6 Å². The van der Waals surface area contributed by atoms with Gasteiger partial charge >= 0.3 is 0 Å². The first-order chi connectivity index (χ1) is 6.66. The lowest BCUT2D eigenvalue weighted by atomic mass is 9.94. The van der Waals surface area contributed by atoms with Gasteiger partial charge in [0.25, 0.3) is 0 Å². The summed E-state index contributed by atoms with van der Waals surface area (Å²) in [6, 6.07) is 0. The number of allylic oxidation sites excluding steroid dienone is 2. The zero-order valence-electron chi connectivity index (χ0n) is 9.21. The predicted molar refractivity (Wildman–Crippen MR) is 60.1 cm³/mol. The van der Waals surface area contributed by atoms with E-state index >= 15 is 0 Å². The van der Waals surface area contributed by atoms with Gasteiger partial charge in [0.2, 0.25) is 0 Å². The molecule has 2 unspecified atom stereocenters. The molecule has 1 fully saturated rings. The van der Waals surface area contributed by atoms with Gasteiger partial charge in [-0.1, -0.05) is 12.2 Å². The molecule has 2 atom stereocenters. The Morgan fingerprint density at radius 2 is 2.36 bits per heavy atom. The molecule has 2 rings (SSSR count). The fraction of sp³-hybridized carbons (Fsp3) is 0.833. The van der Waals surface area contributed by atoms with Crippen LogP contribution in [0.15, 0.2) is 12.2 Å². The van der Waals surface area contributed by atoms with Crippen molar-refractivity contribution in [3.05, 3.63) is 12.2 Å². The van der Waals surface area contributed by atoms with Crippen molar-refractivity contribution in [1.29, 1.82) is 0 Å². The van der Waals surface area contributed by atoms with E-state index in [0.717, 1.165) is 18.9 Å². The molecular weight excluding hydrogens is 172 g/mol. The van der Waals surface area contributed by atoms with Crippen LogP contribution in [0, 0.1) is 5.92 Å². The monoisotopic (exact) mass is 194 g/mol. The number of rotatable bonds is 2. The molecule has 0 radical (unpaired) electrons. The molecule has 2 nitrogen and oxygen atoms in total. The van der Waals surface area contributed by atoms with Crippen molar-refractivity contribution >= 4 is 0 Å². The van der Waals surface area contributed by atoms with Crippen LogP contribution in [0.25, 0.3) is 0 Å². The zero-order valence-corrected chi connectivity index (χ0v) is 9.21. The van der Waals surface area contributed by atoms with E-state index in [9.17, 15) is 0 Å². The quantitative estimate of drug-likeness (QED) is 0.679. The van der Waals surface area contributed by atoms with Crippen molar-refractivity contribution in [2.75, 3.05) is 19.6 Å². The Bertz CT molecular complexity index is 220. The average molecular weight is 194 g/mol. The molecule has 80 valence electrons. The maximum atomic E-state index is 6.12. The Balaban J connectivity index is 1.78. The molecule has 0 amide bonds. The molecule has 0 aromatic carbocycles. The predicted octanol–water partition coefficient (Wildman–Crippen LogP) is 1.77. The number of nitrogens with two attached hydrogens (primary N) is 1. The summed E-state index contributed by atoms with van der Waals surface area (Å²) in [7, 11) is 0. The van der Waals surface area contributed by atoms with Gasteiger partial charge in [0.15, 0.2) is 0 Å². The van der Waals surface area contributed by atoms with Crippen LogP contribution in [-0.2, 0) is 0 Å². The van der Waals surface area contributed by atoms with E-state index < -0.39 is 0 Å². The van der Waals surface area contributed by atoms with Gasteiger partial charge in [-0.2, -0.15) is 0 Å². The van der Waals surface area contributed by atoms with E-state index in [1.54, 1.807) is 0 Å². The standard InChI is InChI=1S/C12H22N2/c1-12(13)7-8-14(10-12)9-11-5-3-2-4-6-11/h2-3,11H,4-10,13H2,1H3. The van der Waals surface area contributed by atoms with Gasteiger partial charge in [0.1, 0.15) is 0 Å². The Kier molecular flexibility index (Phi) is 2.93. The third kappa shape index (κ3) is 2.58. The highest BCUT2D eigenvalue weighted by molar-refractivity contribution is 4.94. The molecule has 0 saturated carbocycles. The molecule has 2 aliphatic rings. The Morgan fingerprint density at radius 1 is 1.50 bits per heavy atom. The molecule has 2 N–H and O–H groups in total. The maximum Gasteiger partial charge on any atom is 0.0267 e. The molecule has 0 aromatic rings. The summed E-state index contributed by atoms with van der Waals surface area (Å²) in [5.41, 5.74) is 6.19. The fourth-order valence-corrected chi connectivity index (χ4v) is 2.63. The summed E-state index contributed by atoms with van der Waals surface area (Å²) in [5.74, 6) is 0.883. The van der Waals surface area contributed by atoms with E-state index in [1.165, 1.54) is 32.4 Å². The summed E-state index contributed by atoms with van der Waals surface area (Å²) in [5, 5.41) is 0. The van der Waals surface area contributed by atoms with Crippen LogP contribution < -0.4 is 5.73 Å². The smallest absolute Gasteiger partial charge is 0.0267 e. The number of hydrogen-bond acceptors (Lipinski definition) is 2. The minimum absolute atomic E-state index is 0.0739. The maximum absolute atomic E-state index is 6.12. The van der Waals surface area contributed by atoms with E-state index in [1.807, 2.05) is 0 Å². The van der Waals surface area contributed by atoms with Gasteiger partial charge in [-0.15, -0.1) is 0 Å². The second-order valence-electron chi connectivity index (χ2n) is 5.29. The normalized spacial score (nSPS) is 39.1. The lowest BCUT2D eigenvalue weighted by Crippen LogP contribution is -2.40. The minimum atomic E-state index is 0.0739. The molecule has 2 heteroatoms. The lowest BCUT2D eigenvalue weighted by molar-refractivity contribution is 0.254. The first kappa shape index (κ1) is 10.2. The molecule has 0 bridgehead atoms. The molecule has 1 aliphatic heterocycles. The van der Waals surface area contributed by atoms with Gasteiger partial charge in [-0.05, 0) is 38.5 Å². The van der Waals surface area contributed by atoms with Crippen molar-refractivity contribution in [1.82, 2.24) is 4.90 Å². The highest BCUT2D eigenvalue weighted by Crippen LogP contribution is 2.23. The van der Waals surface area contributed by atoms with Crippen LogP contribution in [0.5, 0.6) is 0 Å². The van der Waals surface area contributed by atoms with E-state index in [4.69, 9.17) is 5.73 Å². The molecular formula is C12H22N2. The summed E-state index contributed by atoms with van der Waals surface area (Å²) >= 11 is 0. The van der Waals surface area contributed by atoms with E-state index in [-0.39, 0.29) is 5.54 Å². The van der Waals surface area contributed by atoms with Gasteiger partial charge in [0.05, 0.1) is 0 Å². The Labute approximate surface area is 87.2 Å². The first-order valence-corrected chi connectivity index (χ1v) is 5.82. The van der Waals surface area contributed by atoms with Gasteiger partial charge in [-0.3, -0.25) is 0 Å². The molecule has 0 aromatic heterocycles. The lowest BCUT2D eigenvalue weighted by Gasteiger charge is -2.25. The highest BCUT2D eigenvalue weighted by atomic mass is 15.2. The number of hydrogen-bond donors (Lipinski definition) is 1. The molecule has 1 heterocycles. The van der Waals surface area contributed by atoms with Crippen LogP contribution in [0.3, 0.4) is 0 Å². The van der Waals surface area contributed by atoms with Gasteiger partial charge in [0, 0.05) is 25.2 Å². The number of nitrogens with zero attached hydrogens (tertiary/aromatic N) is 1. The second kappa shape index (κ2) is 4.03. The second-order valence-corrected chi connectivity index (χ2v) is 5.29. The number of likely N-dealkylation sites (tertiary alicyclic amines) is 1. The summed E-state index contributed by atoms with van der Waals surface area (Å²) in [4.78, 5) is 2.55. The van der Waals surface area contributed by atoms with E-state index in [2.05, 4.69) is 24.0 Å². The fourth-order valence-electron chi connectivity index (χ4n) is 2.63. The molecule has 14 heavy (non-hydrogen) atoms. The summed E-state index contributed by atoms with van der Waals surface area (Å²) < 4.78 is 0. The topological polar surface area (TPSA) is 29.3 Å². The summed E-state index contributed by atoms with van der Waals surface area (Å²) in [6.07, 6.45) is 9.74. The Morgan fingerprint density at radius 3 is 2.93 bits per heavy atom. The van der Waals surface area contributed by atoms with Crippen molar-refractivity contribution in [3.8, 4) is 0 Å². The zero-order chi connectivity index (χ0) is 10.0. The largest absolute Gasteiger partial charge is 0.324 e. The third-order valence-electron chi connectivity index (χ3n) is 3.48. The van der Waals surface area contributed by atoms with Crippen molar-refractivity contribution in [3.63, 3.8) is 0 Å². The Hall–Kier alpha value is -0.340. The van der Waals surface area contributed by atoms with Crippen LogP contribution >= 0.6 is 0 Å². The third-order valence-corrected chi connectivity index (χ3v) is 3.48. The van der Waals surface area contributed by atoms with Crippen LogP contribution in [-0.4, -0.2) is 30.1 Å². The van der Waals surface area contributed by atoms with Crippen molar-refractivity contribution < 1.29 is 0 Å². The van der Waals surface area contributed by atoms with Crippen molar-refractivity contribution in [2.45, 2.75) is 38.1 Å². The molecule has 1 aliphatic carbocycles. The van der Waals surface area contributed by atoms with E-state index in [0.29, 0.717) is 0 Å². The average Bonchev–Trinajstić information content (AvgIpc) is 2.47. The van der Waals surface area contributed by atoms with Crippen molar-refractivity contribution in [2.24, 2.45) is 11.7 Å². The molecule has 1 saturated heterocycles. The molecule has 0 spiro atoms. The first-order valence-electron chi connectivity index (χ1n) is 5.82. The highest BCUT2D eigenvalue weighted by Gasteiger charge is 2.30. The summed E-state index contributed by atoms with van der Waals surface area (Å²) in [6.45, 7) is 5.73. The van der Waals surface area contributed by atoms with Crippen LogP contribution in [0.4, 0.5) is 0 Å². The SMILES string of the molecule is CC1(N)CCN(CC2CC=CCC2)C1. The minimum Gasteiger partial charge on any atom is -0.324 e. The van der Waals surface area contributed by atoms with Gasteiger partial charge in [-0.25, -0.2) is 0 Å². The van der Waals surface area contributed by atoms with Gasteiger partial charge < -0.3 is 10.6 Å².